The lowest BCUT2D eigenvalue weighted by atomic mass is 10.2. The second-order valence-corrected chi connectivity index (χ2v) is 3.18. The van der Waals surface area contributed by atoms with Crippen LogP contribution in [-0.2, 0) is 22.5 Å². The Morgan fingerprint density at radius 2 is 2.43 bits per heavy atom. The van der Waals surface area contributed by atoms with Crippen LogP contribution < -0.4 is 0 Å². The number of rotatable bonds is 5. The highest BCUT2D eigenvalue weighted by molar-refractivity contribution is 5.69. The summed E-state index contributed by atoms with van der Waals surface area (Å²) < 4.78 is 6.59. The summed E-state index contributed by atoms with van der Waals surface area (Å²) in [6.07, 6.45) is 5.93. The number of esters is 1. The van der Waals surface area contributed by atoms with Crippen LogP contribution in [0, 0.1) is 0 Å². The number of hydrogen-bond donors (Lipinski definition) is 0. The quantitative estimate of drug-likeness (QED) is 0.668. The first-order valence-electron chi connectivity index (χ1n) is 4.83. The number of hydrogen-bond acceptors (Lipinski definition) is 3. The molecule has 14 heavy (non-hydrogen) atoms. The van der Waals surface area contributed by atoms with Gasteiger partial charge in [-0.3, -0.25) is 4.79 Å². The molecule has 0 unspecified atom stereocenters. The fourth-order valence-corrected chi connectivity index (χ4v) is 1.25. The number of nitrogens with zero attached hydrogens (tertiary/aromatic N) is 2. The van der Waals surface area contributed by atoms with E-state index in [-0.39, 0.29) is 5.97 Å². The summed E-state index contributed by atoms with van der Waals surface area (Å²) >= 11 is 0. The summed E-state index contributed by atoms with van der Waals surface area (Å²) in [5.74, 6) is -0.185. The zero-order chi connectivity index (χ0) is 10.4. The molecule has 0 N–H and O–H groups in total. The molecular formula is C10H16N2O2. The number of aryl methyl sites for hydroxylation is 2. The lowest BCUT2D eigenvalue weighted by Crippen LogP contribution is -2.02. The van der Waals surface area contributed by atoms with Gasteiger partial charge in [0.05, 0.1) is 25.6 Å². The van der Waals surface area contributed by atoms with E-state index in [1.54, 1.807) is 6.33 Å². The minimum atomic E-state index is -0.185. The first kappa shape index (κ1) is 10.8. The van der Waals surface area contributed by atoms with Crippen LogP contribution >= 0.6 is 0 Å². The molecule has 1 rings (SSSR count). The molecule has 0 aliphatic heterocycles. The molecule has 0 atom stereocenters. The zero-order valence-electron chi connectivity index (χ0n) is 8.69. The Bertz CT molecular complexity index is 294. The molecule has 1 aromatic rings. The van der Waals surface area contributed by atoms with Crippen LogP contribution in [0.5, 0.6) is 0 Å². The zero-order valence-corrected chi connectivity index (χ0v) is 8.69. The van der Waals surface area contributed by atoms with Crippen molar-refractivity contribution in [3.05, 3.63) is 18.2 Å². The van der Waals surface area contributed by atoms with Crippen LogP contribution in [0.15, 0.2) is 12.5 Å². The fraction of sp³-hybridized carbons (Fsp3) is 0.600. The second kappa shape index (κ2) is 5.42. The predicted molar refractivity (Wildman–Crippen MR) is 52.9 cm³/mol. The number of methoxy groups -OCH3 is 1. The van der Waals surface area contributed by atoms with E-state index in [9.17, 15) is 4.79 Å². The third-order valence-electron chi connectivity index (χ3n) is 1.98. The maximum Gasteiger partial charge on any atom is 0.305 e. The predicted octanol–water partition coefficient (Wildman–Crippen LogP) is 1.40. The molecule has 0 amide bonds. The largest absolute Gasteiger partial charge is 0.469 e. The van der Waals surface area contributed by atoms with Crippen molar-refractivity contribution >= 4 is 5.97 Å². The minimum absolute atomic E-state index is 0.185. The van der Waals surface area contributed by atoms with Crippen molar-refractivity contribution in [3.63, 3.8) is 0 Å². The molecule has 0 saturated carbocycles. The first-order valence-corrected chi connectivity index (χ1v) is 4.83. The van der Waals surface area contributed by atoms with E-state index < -0.39 is 0 Å². The smallest absolute Gasteiger partial charge is 0.305 e. The molecule has 0 fully saturated rings. The van der Waals surface area contributed by atoms with Crippen molar-refractivity contribution in [1.29, 1.82) is 0 Å². The average Bonchev–Trinajstić information content (AvgIpc) is 2.63. The van der Waals surface area contributed by atoms with Crippen molar-refractivity contribution in [1.82, 2.24) is 9.55 Å². The van der Waals surface area contributed by atoms with Crippen LogP contribution in [0.1, 0.15) is 25.5 Å². The van der Waals surface area contributed by atoms with Gasteiger partial charge in [0, 0.05) is 19.2 Å². The van der Waals surface area contributed by atoms with Gasteiger partial charge in [0.1, 0.15) is 0 Å². The van der Waals surface area contributed by atoms with E-state index >= 15 is 0 Å². The molecule has 4 nitrogen and oxygen atoms in total. The normalized spacial score (nSPS) is 10.1. The highest BCUT2D eigenvalue weighted by Crippen LogP contribution is 2.01. The van der Waals surface area contributed by atoms with Crippen LogP contribution in [-0.4, -0.2) is 22.6 Å². The Labute approximate surface area is 83.9 Å². The molecule has 1 aromatic heterocycles. The van der Waals surface area contributed by atoms with Gasteiger partial charge in [-0.25, -0.2) is 4.98 Å². The molecular weight excluding hydrogens is 180 g/mol. The summed E-state index contributed by atoms with van der Waals surface area (Å²) in [4.78, 5) is 15.1. The Kier molecular flexibility index (Phi) is 4.16. The molecule has 0 radical (unpaired) electrons. The molecule has 0 spiro atoms. The Balaban J connectivity index is 2.39. The van der Waals surface area contributed by atoms with Crippen molar-refractivity contribution in [2.45, 2.75) is 32.7 Å². The molecule has 0 saturated heterocycles. The van der Waals surface area contributed by atoms with E-state index in [2.05, 4.69) is 16.6 Å². The minimum Gasteiger partial charge on any atom is -0.469 e. The van der Waals surface area contributed by atoms with Crippen LogP contribution in [0.2, 0.25) is 0 Å². The van der Waals surface area contributed by atoms with Gasteiger partial charge in [0.2, 0.25) is 0 Å². The van der Waals surface area contributed by atoms with E-state index in [0.717, 1.165) is 18.7 Å². The van der Waals surface area contributed by atoms with Crippen molar-refractivity contribution in [2.75, 3.05) is 7.11 Å². The van der Waals surface area contributed by atoms with Gasteiger partial charge in [-0.05, 0) is 6.42 Å². The standard InChI is InChI=1S/C10H16N2O2/c1-3-6-12-7-9(11-8-12)4-5-10(13)14-2/h7-8H,3-6H2,1-2H3. The lowest BCUT2D eigenvalue weighted by Gasteiger charge is -1.97. The van der Waals surface area contributed by atoms with Gasteiger partial charge in [0.15, 0.2) is 0 Å². The van der Waals surface area contributed by atoms with Gasteiger partial charge in [-0.15, -0.1) is 0 Å². The molecule has 4 heteroatoms. The molecule has 0 aromatic carbocycles. The topological polar surface area (TPSA) is 44.1 Å². The number of carbonyl (C=O) groups is 1. The van der Waals surface area contributed by atoms with Gasteiger partial charge in [-0.2, -0.15) is 0 Å². The molecule has 1 heterocycles. The highest BCUT2D eigenvalue weighted by atomic mass is 16.5. The third-order valence-corrected chi connectivity index (χ3v) is 1.98. The molecule has 0 aliphatic carbocycles. The highest BCUT2D eigenvalue weighted by Gasteiger charge is 2.03. The number of ether oxygens (including phenoxy) is 1. The summed E-state index contributed by atoms with van der Waals surface area (Å²) in [5.41, 5.74) is 0.948. The summed E-state index contributed by atoms with van der Waals surface area (Å²) in [6.45, 7) is 3.10. The van der Waals surface area contributed by atoms with E-state index in [1.165, 1.54) is 7.11 Å². The second-order valence-electron chi connectivity index (χ2n) is 3.18. The van der Waals surface area contributed by atoms with Crippen LogP contribution in [0.3, 0.4) is 0 Å². The van der Waals surface area contributed by atoms with Crippen LogP contribution in [0.25, 0.3) is 0 Å². The lowest BCUT2D eigenvalue weighted by molar-refractivity contribution is -0.140. The Morgan fingerprint density at radius 1 is 1.64 bits per heavy atom. The fourth-order valence-electron chi connectivity index (χ4n) is 1.25. The molecule has 0 bridgehead atoms. The number of aromatic nitrogens is 2. The van der Waals surface area contributed by atoms with Crippen molar-refractivity contribution in [2.24, 2.45) is 0 Å². The maximum atomic E-state index is 10.9. The van der Waals surface area contributed by atoms with E-state index in [4.69, 9.17) is 0 Å². The third kappa shape index (κ3) is 3.20. The maximum absolute atomic E-state index is 10.9. The van der Waals surface area contributed by atoms with Gasteiger partial charge in [-0.1, -0.05) is 6.92 Å². The first-order chi connectivity index (χ1) is 6.76. The van der Waals surface area contributed by atoms with E-state index in [1.807, 2.05) is 10.8 Å². The summed E-state index contributed by atoms with van der Waals surface area (Å²) in [7, 11) is 1.40. The molecule has 78 valence electrons. The number of carbonyl (C=O) groups excluding carboxylic acids is 1. The summed E-state index contributed by atoms with van der Waals surface area (Å²) in [5, 5.41) is 0. The van der Waals surface area contributed by atoms with Gasteiger partial charge in [0.25, 0.3) is 0 Å². The number of imidazole rings is 1. The monoisotopic (exact) mass is 196 g/mol. The average molecular weight is 196 g/mol. The van der Waals surface area contributed by atoms with Crippen molar-refractivity contribution < 1.29 is 9.53 Å². The van der Waals surface area contributed by atoms with Crippen LogP contribution in [0.4, 0.5) is 0 Å². The van der Waals surface area contributed by atoms with Crippen molar-refractivity contribution in [3.8, 4) is 0 Å². The summed E-state index contributed by atoms with van der Waals surface area (Å²) in [6, 6.07) is 0. The van der Waals surface area contributed by atoms with Gasteiger partial charge < -0.3 is 9.30 Å². The van der Waals surface area contributed by atoms with Gasteiger partial charge >= 0.3 is 5.97 Å². The SMILES string of the molecule is CCCn1cnc(CCC(=O)OC)c1. The Morgan fingerprint density at radius 3 is 3.07 bits per heavy atom. The van der Waals surface area contributed by atoms with E-state index in [0.29, 0.717) is 12.8 Å². The molecule has 0 aliphatic rings. The Hall–Kier alpha value is -1.32.